The average Bonchev–Trinajstić information content (AvgIpc) is 2.54. The molecule has 0 spiro atoms. The van der Waals surface area contributed by atoms with E-state index in [0.29, 0.717) is 24.9 Å². The van der Waals surface area contributed by atoms with Crippen LogP contribution in [-0.2, 0) is 5.60 Å². The number of rotatable bonds is 6. The van der Waals surface area contributed by atoms with Gasteiger partial charge in [0.2, 0.25) is 0 Å². The molecule has 0 aliphatic carbocycles. The molecule has 1 aliphatic rings. The SMILES string of the molecule is Cc1ccc(F)c(C(O)(CCCNC(=O)O)C2CCCNC2)c1. The van der Waals surface area contributed by atoms with Crippen molar-refractivity contribution in [1.29, 1.82) is 0 Å². The molecule has 5 nitrogen and oxygen atoms in total. The molecular weight excluding hydrogens is 299 g/mol. The molecule has 2 rings (SSSR count). The molecule has 1 saturated heterocycles. The van der Waals surface area contributed by atoms with Crippen LogP contribution in [0.15, 0.2) is 18.2 Å². The number of carbonyl (C=O) groups is 1. The molecule has 23 heavy (non-hydrogen) atoms. The van der Waals surface area contributed by atoms with Crippen LogP contribution in [0.25, 0.3) is 0 Å². The Balaban J connectivity index is 2.22. The number of carboxylic acid groups (broad SMARTS) is 1. The van der Waals surface area contributed by atoms with Crippen LogP contribution in [0.4, 0.5) is 9.18 Å². The van der Waals surface area contributed by atoms with Gasteiger partial charge in [0.25, 0.3) is 0 Å². The molecular formula is C17H25FN2O3. The van der Waals surface area contributed by atoms with E-state index in [1.54, 1.807) is 12.1 Å². The van der Waals surface area contributed by atoms with Gasteiger partial charge in [-0.15, -0.1) is 0 Å². The topological polar surface area (TPSA) is 81.6 Å². The van der Waals surface area contributed by atoms with Crippen molar-refractivity contribution in [2.75, 3.05) is 19.6 Å². The van der Waals surface area contributed by atoms with E-state index in [1.807, 2.05) is 6.92 Å². The predicted molar refractivity (Wildman–Crippen MR) is 85.9 cm³/mol. The number of piperidine rings is 1. The Labute approximate surface area is 135 Å². The molecule has 1 aromatic carbocycles. The lowest BCUT2D eigenvalue weighted by Crippen LogP contribution is -2.45. The first-order valence-corrected chi connectivity index (χ1v) is 8.10. The molecule has 1 aliphatic heterocycles. The maximum atomic E-state index is 14.4. The Kier molecular flexibility index (Phi) is 5.96. The second-order valence-corrected chi connectivity index (χ2v) is 6.29. The van der Waals surface area contributed by atoms with E-state index >= 15 is 0 Å². The fraction of sp³-hybridized carbons (Fsp3) is 0.588. The maximum Gasteiger partial charge on any atom is 0.404 e. The van der Waals surface area contributed by atoms with E-state index in [2.05, 4.69) is 10.6 Å². The van der Waals surface area contributed by atoms with E-state index in [9.17, 15) is 14.3 Å². The minimum absolute atomic E-state index is 0.0858. The van der Waals surface area contributed by atoms with Gasteiger partial charge in [0, 0.05) is 24.6 Å². The highest BCUT2D eigenvalue weighted by Gasteiger charge is 2.40. The lowest BCUT2D eigenvalue weighted by molar-refractivity contribution is -0.0447. The first-order valence-electron chi connectivity index (χ1n) is 8.10. The third kappa shape index (κ3) is 4.42. The predicted octanol–water partition coefficient (Wildman–Crippen LogP) is 2.37. The molecule has 0 radical (unpaired) electrons. The lowest BCUT2D eigenvalue weighted by atomic mass is 9.74. The van der Waals surface area contributed by atoms with Crippen LogP contribution < -0.4 is 10.6 Å². The summed E-state index contributed by atoms with van der Waals surface area (Å²) in [6, 6.07) is 4.78. The van der Waals surface area contributed by atoms with Gasteiger partial charge in [-0.1, -0.05) is 17.7 Å². The van der Waals surface area contributed by atoms with E-state index < -0.39 is 17.5 Å². The van der Waals surface area contributed by atoms with Gasteiger partial charge >= 0.3 is 6.09 Å². The fourth-order valence-corrected chi connectivity index (χ4v) is 3.34. The summed E-state index contributed by atoms with van der Waals surface area (Å²) in [5.41, 5.74) is -0.0715. The van der Waals surface area contributed by atoms with Crippen LogP contribution in [0.1, 0.15) is 36.8 Å². The minimum atomic E-state index is -1.29. The summed E-state index contributed by atoms with van der Waals surface area (Å²) in [5, 5.41) is 25.5. The zero-order chi connectivity index (χ0) is 16.9. The second-order valence-electron chi connectivity index (χ2n) is 6.29. The van der Waals surface area contributed by atoms with Crippen LogP contribution in [0.5, 0.6) is 0 Å². The van der Waals surface area contributed by atoms with Crippen molar-refractivity contribution >= 4 is 6.09 Å². The van der Waals surface area contributed by atoms with Crippen molar-refractivity contribution in [3.8, 4) is 0 Å². The number of benzene rings is 1. The smallest absolute Gasteiger partial charge is 0.404 e. The number of hydrogen-bond donors (Lipinski definition) is 4. The molecule has 0 bridgehead atoms. The molecule has 1 aromatic rings. The normalized spacial score (nSPS) is 20.7. The molecule has 0 aromatic heterocycles. The third-order valence-corrected chi connectivity index (χ3v) is 4.57. The van der Waals surface area contributed by atoms with E-state index in [4.69, 9.17) is 5.11 Å². The van der Waals surface area contributed by atoms with Gasteiger partial charge in [-0.3, -0.25) is 0 Å². The summed E-state index contributed by atoms with van der Waals surface area (Å²) in [6.07, 6.45) is 1.44. The summed E-state index contributed by atoms with van der Waals surface area (Å²) < 4.78 is 14.4. The Morgan fingerprint density at radius 2 is 2.30 bits per heavy atom. The number of hydrogen-bond acceptors (Lipinski definition) is 3. The van der Waals surface area contributed by atoms with Gasteiger partial charge in [-0.2, -0.15) is 0 Å². The molecule has 4 N–H and O–H groups in total. The van der Waals surface area contributed by atoms with Gasteiger partial charge in [0.15, 0.2) is 0 Å². The first kappa shape index (κ1) is 17.7. The van der Waals surface area contributed by atoms with Crippen LogP contribution in [0.2, 0.25) is 0 Å². The highest BCUT2D eigenvalue weighted by Crippen LogP contribution is 2.39. The van der Waals surface area contributed by atoms with Gasteiger partial charge < -0.3 is 20.8 Å². The Morgan fingerprint density at radius 1 is 1.52 bits per heavy atom. The molecule has 6 heteroatoms. The zero-order valence-corrected chi connectivity index (χ0v) is 13.4. The van der Waals surface area contributed by atoms with E-state index in [0.717, 1.165) is 24.9 Å². The summed E-state index contributed by atoms with van der Waals surface area (Å²) in [4.78, 5) is 10.6. The van der Waals surface area contributed by atoms with Crippen LogP contribution >= 0.6 is 0 Å². The van der Waals surface area contributed by atoms with Crippen LogP contribution in [0, 0.1) is 18.7 Å². The number of amides is 1. The van der Waals surface area contributed by atoms with Crippen molar-refractivity contribution < 1.29 is 19.4 Å². The van der Waals surface area contributed by atoms with Gasteiger partial charge in [0.05, 0.1) is 5.60 Å². The average molecular weight is 324 g/mol. The monoisotopic (exact) mass is 324 g/mol. The quantitative estimate of drug-likeness (QED) is 0.606. The van der Waals surface area contributed by atoms with Crippen molar-refractivity contribution in [2.45, 2.75) is 38.2 Å². The van der Waals surface area contributed by atoms with Gasteiger partial charge in [-0.25, -0.2) is 9.18 Å². The minimum Gasteiger partial charge on any atom is -0.465 e. The van der Waals surface area contributed by atoms with Crippen molar-refractivity contribution in [3.05, 3.63) is 35.1 Å². The second kappa shape index (κ2) is 7.75. The Hall–Kier alpha value is -1.66. The van der Waals surface area contributed by atoms with E-state index in [1.165, 1.54) is 6.07 Å². The highest BCUT2D eigenvalue weighted by molar-refractivity contribution is 5.64. The lowest BCUT2D eigenvalue weighted by Gasteiger charge is -2.39. The number of aliphatic hydroxyl groups is 1. The number of aryl methyl sites for hydroxylation is 1. The summed E-state index contributed by atoms with van der Waals surface area (Å²) in [7, 11) is 0. The summed E-state index contributed by atoms with van der Waals surface area (Å²) in [5.74, 6) is -0.493. The van der Waals surface area contributed by atoms with Crippen LogP contribution in [0.3, 0.4) is 0 Å². The van der Waals surface area contributed by atoms with Crippen molar-refractivity contribution in [2.24, 2.45) is 5.92 Å². The summed E-state index contributed by atoms with van der Waals surface area (Å²) >= 11 is 0. The third-order valence-electron chi connectivity index (χ3n) is 4.57. The molecule has 128 valence electrons. The molecule has 2 unspecified atom stereocenters. The standard InChI is InChI=1S/C17H25FN2O3/c1-12-5-6-15(18)14(10-12)17(23,7-3-9-20-16(21)22)13-4-2-8-19-11-13/h5-6,10,13,19-20,23H,2-4,7-9,11H2,1H3,(H,21,22). The summed E-state index contributed by atoms with van der Waals surface area (Å²) in [6.45, 7) is 3.65. The molecule has 2 atom stereocenters. The first-order chi connectivity index (χ1) is 10.9. The molecule has 1 fully saturated rings. The Morgan fingerprint density at radius 3 is 2.96 bits per heavy atom. The molecule has 1 heterocycles. The van der Waals surface area contributed by atoms with E-state index in [-0.39, 0.29) is 12.5 Å². The van der Waals surface area contributed by atoms with Gasteiger partial charge in [0.1, 0.15) is 5.82 Å². The molecule has 0 saturated carbocycles. The Bertz CT molecular complexity index is 547. The fourth-order valence-electron chi connectivity index (χ4n) is 3.34. The zero-order valence-electron chi connectivity index (χ0n) is 13.4. The van der Waals surface area contributed by atoms with Crippen molar-refractivity contribution in [3.63, 3.8) is 0 Å². The highest BCUT2D eigenvalue weighted by atomic mass is 19.1. The number of halogens is 1. The van der Waals surface area contributed by atoms with Crippen molar-refractivity contribution in [1.82, 2.24) is 10.6 Å². The molecule has 1 amide bonds. The maximum absolute atomic E-state index is 14.4. The van der Waals surface area contributed by atoms with Gasteiger partial charge in [-0.05, 0) is 45.2 Å². The van der Waals surface area contributed by atoms with Crippen LogP contribution in [-0.4, -0.2) is 35.9 Å². The largest absolute Gasteiger partial charge is 0.465 e. The number of nitrogens with one attached hydrogen (secondary N) is 2.